The van der Waals surface area contributed by atoms with Crippen molar-refractivity contribution >= 4 is 17.3 Å². The molecule has 0 saturated heterocycles. The minimum atomic E-state index is 0.787. The smallest absolute Gasteiger partial charge is 0.168 e. The van der Waals surface area contributed by atoms with E-state index in [1.807, 2.05) is 0 Å². The Kier molecular flexibility index (Phi) is 8.98. The molecule has 0 amide bonds. The lowest BCUT2D eigenvalue weighted by atomic mass is 10.4. The van der Waals surface area contributed by atoms with Crippen LogP contribution in [0.1, 0.15) is 26.7 Å². The van der Waals surface area contributed by atoms with Gasteiger partial charge in [0.1, 0.15) is 0 Å². The minimum absolute atomic E-state index is 0.787. The molecule has 3 nitrogen and oxygen atoms in total. The molecule has 0 rings (SSSR count). The van der Waals surface area contributed by atoms with Gasteiger partial charge in [-0.05, 0) is 32.0 Å². The van der Waals surface area contributed by atoms with Gasteiger partial charge in [-0.15, -0.1) is 0 Å². The molecule has 0 aromatic heterocycles. The SMILES string of the molecule is CCCN(CC)C(=S)NCCCOC. The van der Waals surface area contributed by atoms with Crippen molar-refractivity contribution in [2.75, 3.05) is 33.4 Å². The summed E-state index contributed by atoms with van der Waals surface area (Å²) in [7, 11) is 1.72. The second kappa shape index (κ2) is 9.21. The molecule has 0 heterocycles. The van der Waals surface area contributed by atoms with Gasteiger partial charge < -0.3 is 15.0 Å². The molecular weight excluding hydrogens is 196 g/mol. The average molecular weight is 218 g/mol. The lowest BCUT2D eigenvalue weighted by Gasteiger charge is -2.23. The summed E-state index contributed by atoms with van der Waals surface area (Å²) in [4.78, 5) is 2.18. The molecule has 0 unspecified atom stereocenters. The monoisotopic (exact) mass is 218 g/mol. The molecule has 0 aromatic carbocycles. The van der Waals surface area contributed by atoms with Crippen LogP contribution in [0.4, 0.5) is 0 Å². The minimum Gasteiger partial charge on any atom is -0.385 e. The van der Waals surface area contributed by atoms with Crippen LogP contribution in [0.5, 0.6) is 0 Å². The van der Waals surface area contributed by atoms with Crippen LogP contribution in [0, 0.1) is 0 Å². The van der Waals surface area contributed by atoms with Crippen molar-refractivity contribution in [2.24, 2.45) is 0 Å². The van der Waals surface area contributed by atoms with Crippen molar-refractivity contribution in [3.8, 4) is 0 Å². The van der Waals surface area contributed by atoms with E-state index in [0.29, 0.717) is 0 Å². The fourth-order valence-electron chi connectivity index (χ4n) is 1.20. The molecule has 0 bridgehead atoms. The second-order valence-electron chi connectivity index (χ2n) is 3.16. The highest BCUT2D eigenvalue weighted by atomic mass is 32.1. The number of hydrogen-bond donors (Lipinski definition) is 1. The average Bonchev–Trinajstić information content (AvgIpc) is 2.20. The van der Waals surface area contributed by atoms with E-state index in [0.717, 1.165) is 44.2 Å². The van der Waals surface area contributed by atoms with Gasteiger partial charge in [-0.25, -0.2) is 0 Å². The van der Waals surface area contributed by atoms with Gasteiger partial charge in [-0.3, -0.25) is 0 Å². The van der Waals surface area contributed by atoms with E-state index in [2.05, 4.69) is 24.1 Å². The largest absolute Gasteiger partial charge is 0.385 e. The maximum absolute atomic E-state index is 5.26. The lowest BCUT2D eigenvalue weighted by Crippen LogP contribution is -2.40. The first kappa shape index (κ1) is 13.7. The maximum atomic E-state index is 5.26. The maximum Gasteiger partial charge on any atom is 0.168 e. The predicted molar refractivity (Wildman–Crippen MR) is 64.6 cm³/mol. The lowest BCUT2D eigenvalue weighted by molar-refractivity contribution is 0.195. The number of nitrogens with one attached hydrogen (secondary N) is 1. The molecule has 4 heteroatoms. The summed E-state index contributed by atoms with van der Waals surface area (Å²) in [5.41, 5.74) is 0. The summed E-state index contributed by atoms with van der Waals surface area (Å²) in [5.74, 6) is 0. The Morgan fingerprint density at radius 1 is 1.43 bits per heavy atom. The first-order chi connectivity index (χ1) is 6.76. The molecule has 0 spiro atoms. The molecule has 0 aliphatic carbocycles. The molecule has 14 heavy (non-hydrogen) atoms. The number of methoxy groups -OCH3 is 1. The topological polar surface area (TPSA) is 24.5 Å². The molecule has 0 atom stereocenters. The zero-order chi connectivity index (χ0) is 10.8. The molecule has 0 saturated carbocycles. The zero-order valence-corrected chi connectivity index (χ0v) is 10.3. The van der Waals surface area contributed by atoms with Crippen LogP contribution < -0.4 is 5.32 Å². The van der Waals surface area contributed by atoms with Gasteiger partial charge in [-0.2, -0.15) is 0 Å². The van der Waals surface area contributed by atoms with E-state index in [1.54, 1.807) is 7.11 Å². The summed E-state index contributed by atoms with van der Waals surface area (Å²) in [6, 6.07) is 0. The van der Waals surface area contributed by atoms with E-state index >= 15 is 0 Å². The van der Waals surface area contributed by atoms with Crippen molar-refractivity contribution in [3.63, 3.8) is 0 Å². The second-order valence-corrected chi connectivity index (χ2v) is 3.54. The van der Waals surface area contributed by atoms with Gasteiger partial charge in [0.15, 0.2) is 5.11 Å². The molecule has 84 valence electrons. The first-order valence-electron chi connectivity index (χ1n) is 5.27. The summed E-state index contributed by atoms with van der Waals surface area (Å²) >= 11 is 5.26. The highest BCUT2D eigenvalue weighted by Crippen LogP contribution is 1.92. The number of ether oxygens (including phenoxy) is 1. The van der Waals surface area contributed by atoms with Crippen LogP contribution in [0.2, 0.25) is 0 Å². The van der Waals surface area contributed by atoms with Crippen molar-refractivity contribution in [2.45, 2.75) is 26.7 Å². The summed E-state index contributed by atoms with van der Waals surface area (Å²) in [6.07, 6.45) is 2.13. The Morgan fingerprint density at radius 3 is 2.64 bits per heavy atom. The van der Waals surface area contributed by atoms with Crippen LogP contribution in [-0.4, -0.2) is 43.4 Å². The van der Waals surface area contributed by atoms with Gasteiger partial charge in [0, 0.05) is 33.4 Å². The van der Waals surface area contributed by atoms with Crippen LogP contribution in [0.15, 0.2) is 0 Å². The van der Waals surface area contributed by atoms with Crippen molar-refractivity contribution in [1.82, 2.24) is 10.2 Å². The Morgan fingerprint density at radius 2 is 2.14 bits per heavy atom. The molecule has 0 aliphatic rings. The van der Waals surface area contributed by atoms with E-state index in [4.69, 9.17) is 17.0 Å². The normalized spacial score (nSPS) is 9.93. The number of rotatable bonds is 7. The number of hydrogen-bond acceptors (Lipinski definition) is 2. The Balaban J connectivity index is 3.58. The van der Waals surface area contributed by atoms with Crippen LogP contribution in [0.25, 0.3) is 0 Å². The highest BCUT2D eigenvalue weighted by molar-refractivity contribution is 7.80. The Labute approximate surface area is 92.8 Å². The highest BCUT2D eigenvalue weighted by Gasteiger charge is 2.04. The third-order valence-corrected chi connectivity index (χ3v) is 2.37. The van der Waals surface area contributed by atoms with Crippen LogP contribution >= 0.6 is 12.2 Å². The quantitative estimate of drug-likeness (QED) is 0.518. The molecule has 0 radical (unpaired) electrons. The standard InChI is InChI=1S/C10H22N2OS/c1-4-8-12(5-2)10(14)11-7-6-9-13-3/h4-9H2,1-3H3,(H,11,14). The number of nitrogens with zero attached hydrogens (tertiary/aromatic N) is 1. The van der Waals surface area contributed by atoms with Crippen LogP contribution in [0.3, 0.4) is 0 Å². The first-order valence-corrected chi connectivity index (χ1v) is 5.68. The van der Waals surface area contributed by atoms with Gasteiger partial charge in [-0.1, -0.05) is 6.92 Å². The molecule has 0 aromatic rings. The molecular formula is C10H22N2OS. The van der Waals surface area contributed by atoms with Gasteiger partial charge in [0.25, 0.3) is 0 Å². The zero-order valence-electron chi connectivity index (χ0n) is 9.51. The fraction of sp³-hybridized carbons (Fsp3) is 0.900. The Hall–Kier alpha value is -0.350. The number of thiocarbonyl (C=S) groups is 1. The summed E-state index contributed by atoms with van der Waals surface area (Å²) in [5, 5.41) is 4.10. The van der Waals surface area contributed by atoms with E-state index < -0.39 is 0 Å². The third kappa shape index (κ3) is 6.16. The summed E-state index contributed by atoms with van der Waals surface area (Å²) < 4.78 is 4.96. The molecule has 1 N–H and O–H groups in total. The van der Waals surface area contributed by atoms with Gasteiger partial charge >= 0.3 is 0 Å². The van der Waals surface area contributed by atoms with Crippen LogP contribution in [-0.2, 0) is 4.74 Å². The Bertz CT molecular complexity index is 153. The summed E-state index contributed by atoms with van der Waals surface area (Å²) in [6.45, 7) is 7.98. The van der Waals surface area contributed by atoms with Crippen molar-refractivity contribution in [1.29, 1.82) is 0 Å². The van der Waals surface area contributed by atoms with Crippen molar-refractivity contribution in [3.05, 3.63) is 0 Å². The van der Waals surface area contributed by atoms with Gasteiger partial charge in [0.05, 0.1) is 0 Å². The van der Waals surface area contributed by atoms with Gasteiger partial charge in [0.2, 0.25) is 0 Å². The van der Waals surface area contributed by atoms with Crippen molar-refractivity contribution < 1.29 is 4.74 Å². The molecule has 0 aliphatic heterocycles. The third-order valence-electron chi connectivity index (χ3n) is 1.96. The van der Waals surface area contributed by atoms with E-state index in [9.17, 15) is 0 Å². The molecule has 0 fully saturated rings. The van der Waals surface area contributed by atoms with E-state index in [-0.39, 0.29) is 0 Å². The van der Waals surface area contributed by atoms with E-state index in [1.165, 1.54) is 0 Å². The fourth-order valence-corrected chi connectivity index (χ4v) is 1.52. The predicted octanol–water partition coefficient (Wildman–Crippen LogP) is 1.63.